The molecule has 1 rings (SSSR count). The zero-order valence-corrected chi connectivity index (χ0v) is 11.8. The highest BCUT2D eigenvalue weighted by atomic mass is 79.9. The van der Waals surface area contributed by atoms with Crippen molar-refractivity contribution in [1.82, 2.24) is 0 Å². The molecule has 3 nitrogen and oxygen atoms in total. The van der Waals surface area contributed by atoms with E-state index in [0.717, 1.165) is 0 Å². The zero-order chi connectivity index (χ0) is 12.3. The van der Waals surface area contributed by atoms with Crippen LogP contribution in [0.4, 0.5) is 0 Å². The molecule has 0 spiro atoms. The Balaban J connectivity index is 2.99. The molecular weight excluding hydrogens is 316 g/mol. The van der Waals surface area contributed by atoms with Gasteiger partial charge in [-0.1, -0.05) is 46.6 Å². The van der Waals surface area contributed by atoms with E-state index in [2.05, 4.69) is 15.9 Å². The largest absolute Gasteiger partial charge is 0.386 e. The van der Waals surface area contributed by atoms with Crippen LogP contribution in [0.15, 0.2) is 24.3 Å². The number of halogens is 2. The molecule has 0 unspecified atom stereocenters. The third kappa shape index (κ3) is 3.20. The first-order valence-corrected chi connectivity index (χ1v) is 7.68. The van der Waals surface area contributed by atoms with Crippen LogP contribution in [0.25, 0.3) is 0 Å². The van der Waals surface area contributed by atoms with Crippen LogP contribution in [-0.4, -0.2) is 23.4 Å². The molecule has 0 heterocycles. The Hall–Kier alpha value is -0.100. The summed E-state index contributed by atoms with van der Waals surface area (Å²) in [6, 6.07) is 6.51. The van der Waals surface area contributed by atoms with Crippen LogP contribution in [-0.2, 0) is 9.84 Å². The molecule has 1 N–H and O–H groups in total. The SMILES string of the molecule is CCS(=O)(=O)[C@@H](Br)[C@@H](O)c1cccc(Cl)c1. The quantitative estimate of drug-likeness (QED) is 0.865. The average molecular weight is 328 g/mol. The number of benzene rings is 1. The first kappa shape index (κ1) is 14.0. The van der Waals surface area contributed by atoms with Crippen LogP contribution in [0, 0.1) is 0 Å². The van der Waals surface area contributed by atoms with Crippen LogP contribution in [0.3, 0.4) is 0 Å². The number of rotatable bonds is 4. The second-order valence-corrected chi connectivity index (χ2v) is 7.74. The van der Waals surface area contributed by atoms with Gasteiger partial charge in [-0.25, -0.2) is 8.42 Å². The van der Waals surface area contributed by atoms with Crippen molar-refractivity contribution in [3.63, 3.8) is 0 Å². The molecule has 0 fully saturated rings. The molecule has 0 aliphatic rings. The van der Waals surface area contributed by atoms with Gasteiger partial charge < -0.3 is 5.11 Å². The molecular formula is C10H12BrClO3S. The van der Waals surface area contributed by atoms with Crippen molar-refractivity contribution in [3.05, 3.63) is 34.9 Å². The summed E-state index contributed by atoms with van der Waals surface area (Å²) in [5, 5.41) is 10.4. The maximum absolute atomic E-state index is 11.6. The zero-order valence-electron chi connectivity index (χ0n) is 8.60. The Morgan fingerprint density at radius 3 is 2.62 bits per heavy atom. The van der Waals surface area contributed by atoms with E-state index in [0.29, 0.717) is 10.6 Å². The van der Waals surface area contributed by atoms with Crippen molar-refractivity contribution >= 4 is 37.4 Å². The predicted molar refractivity (Wildman–Crippen MR) is 68.6 cm³/mol. The summed E-state index contributed by atoms with van der Waals surface area (Å²) in [6.45, 7) is 1.54. The molecule has 6 heteroatoms. The van der Waals surface area contributed by atoms with E-state index in [1.54, 1.807) is 24.3 Å². The number of aliphatic hydroxyl groups is 1. The lowest BCUT2D eigenvalue weighted by Gasteiger charge is -2.17. The van der Waals surface area contributed by atoms with Crippen LogP contribution >= 0.6 is 27.5 Å². The molecule has 16 heavy (non-hydrogen) atoms. The topological polar surface area (TPSA) is 54.4 Å². The van der Waals surface area contributed by atoms with E-state index in [1.165, 1.54) is 6.92 Å². The van der Waals surface area contributed by atoms with Crippen molar-refractivity contribution in [2.24, 2.45) is 0 Å². The fourth-order valence-corrected chi connectivity index (χ4v) is 3.36. The Labute approximate surface area is 108 Å². The van der Waals surface area contributed by atoms with Crippen LogP contribution < -0.4 is 0 Å². The Morgan fingerprint density at radius 1 is 1.50 bits per heavy atom. The van der Waals surface area contributed by atoms with Crippen molar-refractivity contribution in [2.75, 3.05) is 5.75 Å². The summed E-state index contributed by atoms with van der Waals surface area (Å²) < 4.78 is 22.1. The Morgan fingerprint density at radius 2 is 2.12 bits per heavy atom. The summed E-state index contributed by atoms with van der Waals surface area (Å²) in [5.41, 5.74) is 0.478. The number of alkyl halides is 1. The average Bonchev–Trinajstić information content (AvgIpc) is 2.27. The molecule has 0 amide bonds. The second kappa shape index (κ2) is 5.49. The fourth-order valence-electron chi connectivity index (χ4n) is 1.20. The maximum Gasteiger partial charge on any atom is 0.165 e. The third-order valence-corrected chi connectivity index (χ3v) is 6.38. The molecule has 0 saturated heterocycles. The lowest BCUT2D eigenvalue weighted by atomic mass is 10.1. The third-order valence-electron chi connectivity index (χ3n) is 2.18. The molecule has 90 valence electrons. The predicted octanol–water partition coefficient (Wildman–Crippen LogP) is 2.53. The molecule has 0 saturated carbocycles. The molecule has 0 aliphatic carbocycles. The summed E-state index contributed by atoms with van der Waals surface area (Å²) in [4.78, 5) is 0. The maximum atomic E-state index is 11.6. The van der Waals surface area contributed by atoms with Gasteiger partial charge in [0.05, 0.1) is 0 Å². The van der Waals surface area contributed by atoms with Gasteiger partial charge in [0.15, 0.2) is 9.84 Å². The summed E-state index contributed by atoms with van der Waals surface area (Å²) in [5.74, 6) is -0.0272. The number of hydrogen-bond acceptors (Lipinski definition) is 3. The molecule has 0 aromatic heterocycles. The lowest BCUT2D eigenvalue weighted by molar-refractivity contribution is 0.195. The summed E-state index contributed by atoms with van der Waals surface area (Å²) >= 11 is 8.77. The minimum Gasteiger partial charge on any atom is -0.386 e. The van der Waals surface area contributed by atoms with Gasteiger partial charge in [-0.15, -0.1) is 0 Å². The highest BCUT2D eigenvalue weighted by molar-refractivity contribution is 9.11. The number of aliphatic hydroxyl groups excluding tert-OH is 1. The highest BCUT2D eigenvalue weighted by Crippen LogP contribution is 2.28. The molecule has 0 radical (unpaired) electrons. The monoisotopic (exact) mass is 326 g/mol. The molecule has 1 aromatic carbocycles. The van der Waals surface area contributed by atoms with Crippen LogP contribution in [0.2, 0.25) is 5.02 Å². The van der Waals surface area contributed by atoms with E-state index in [1.807, 2.05) is 0 Å². The first-order valence-electron chi connectivity index (χ1n) is 4.67. The number of hydrogen-bond donors (Lipinski definition) is 1. The van der Waals surface area contributed by atoms with E-state index in [-0.39, 0.29) is 5.75 Å². The van der Waals surface area contributed by atoms with E-state index in [4.69, 9.17) is 11.6 Å². The van der Waals surface area contributed by atoms with Crippen molar-refractivity contribution in [1.29, 1.82) is 0 Å². The van der Waals surface area contributed by atoms with Gasteiger partial charge in [0.1, 0.15) is 10.3 Å². The normalized spacial score (nSPS) is 15.8. The number of sulfone groups is 1. The van der Waals surface area contributed by atoms with Gasteiger partial charge in [0.25, 0.3) is 0 Å². The van der Waals surface area contributed by atoms with Crippen molar-refractivity contribution in [2.45, 2.75) is 17.2 Å². The van der Waals surface area contributed by atoms with Crippen LogP contribution in [0.1, 0.15) is 18.6 Å². The summed E-state index contributed by atoms with van der Waals surface area (Å²) in [7, 11) is -3.33. The highest BCUT2D eigenvalue weighted by Gasteiger charge is 2.29. The minimum atomic E-state index is -3.33. The lowest BCUT2D eigenvalue weighted by Crippen LogP contribution is -2.24. The van der Waals surface area contributed by atoms with Gasteiger partial charge in [-0.05, 0) is 17.7 Å². The molecule has 0 aliphatic heterocycles. The molecule has 2 atom stereocenters. The van der Waals surface area contributed by atoms with E-state index < -0.39 is 20.1 Å². The van der Waals surface area contributed by atoms with Crippen molar-refractivity contribution in [3.8, 4) is 0 Å². The van der Waals surface area contributed by atoms with Crippen LogP contribution in [0.5, 0.6) is 0 Å². The Bertz CT molecular complexity index is 461. The minimum absolute atomic E-state index is 0.0272. The second-order valence-electron chi connectivity index (χ2n) is 3.30. The van der Waals surface area contributed by atoms with Gasteiger partial charge in [-0.3, -0.25) is 0 Å². The van der Waals surface area contributed by atoms with Gasteiger partial charge >= 0.3 is 0 Å². The molecule has 1 aromatic rings. The van der Waals surface area contributed by atoms with E-state index >= 15 is 0 Å². The summed E-state index contributed by atoms with van der Waals surface area (Å²) in [6.07, 6.45) is -1.12. The van der Waals surface area contributed by atoms with Gasteiger partial charge in [-0.2, -0.15) is 0 Å². The molecule has 0 bridgehead atoms. The standard InChI is InChI=1S/C10H12BrClO3S/c1-2-16(14,15)10(11)9(13)7-4-3-5-8(12)6-7/h3-6,9-10,13H,2H2,1H3/t9-,10+/m0/s1. The van der Waals surface area contributed by atoms with E-state index in [9.17, 15) is 13.5 Å². The van der Waals surface area contributed by atoms with Gasteiger partial charge in [0, 0.05) is 10.8 Å². The Kier molecular flexibility index (Phi) is 4.79. The first-order chi connectivity index (χ1) is 7.38. The smallest absolute Gasteiger partial charge is 0.165 e. The fraction of sp³-hybridized carbons (Fsp3) is 0.400. The van der Waals surface area contributed by atoms with Crippen molar-refractivity contribution < 1.29 is 13.5 Å². The van der Waals surface area contributed by atoms with Gasteiger partial charge in [0.2, 0.25) is 0 Å².